The Morgan fingerprint density at radius 2 is 1.88 bits per heavy atom. The molecule has 2 aromatic carbocycles. The summed E-state index contributed by atoms with van der Waals surface area (Å²) in [6.45, 7) is 4.12. The van der Waals surface area contributed by atoms with E-state index < -0.39 is 0 Å². The van der Waals surface area contributed by atoms with E-state index in [-0.39, 0.29) is 5.92 Å². The van der Waals surface area contributed by atoms with Gasteiger partial charge in [0.25, 0.3) is 0 Å². The molecule has 2 aliphatic heterocycles. The van der Waals surface area contributed by atoms with E-state index in [9.17, 15) is 5.11 Å². The summed E-state index contributed by atoms with van der Waals surface area (Å²) in [5, 5.41) is 12.4. The van der Waals surface area contributed by atoms with E-state index in [2.05, 4.69) is 72.0 Å². The lowest BCUT2D eigenvalue weighted by Gasteiger charge is -2.31. The molecule has 132 valence electrons. The maximum atomic E-state index is 11.1. The molecular weight excluding hydrogens is 320 g/mol. The average molecular weight is 344 g/mol. The van der Waals surface area contributed by atoms with Crippen molar-refractivity contribution in [2.75, 3.05) is 13.6 Å². The SMILES string of the molecule is Cc1ccc2c(c1)c1c3n2C(O)=CC(c2ccccc2)CC3CN(C)C1. The lowest BCUT2D eigenvalue weighted by molar-refractivity contribution is 0.269. The van der Waals surface area contributed by atoms with Crippen LogP contribution in [0.4, 0.5) is 0 Å². The Kier molecular flexibility index (Phi) is 3.47. The number of hydrogen-bond donors (Lipinski definition) is 1. The van der Waals surface area contributed by atoms with Gasteiger partial charge in [0.1, 0.15) is 0 Å². The normalized spacial score (nSPS) is 22.8. The largest absolute Gasteiger partial charge is 0.494 e. The average Bonchev–Trinajstić information content (AvgIpc) is 2.87. The minimum absolute atomic E-state index is 0.237. The second-order valence-corrected chi connectivity index (χ2v) is 7.89. The standard InChI is InChI=1S/C23H24N2O/c1-15-8-9-21-19(10-15)20-14-24(2)13-18-11-17(16-6-4-3-5-7-16)12-22(26)25(21)23(18)20/h3-10,12,17-18,26H,11,13-14H2,1-2H3. The number of rotatable bonds is 1. The van der Waals surface area contributed by atoms with Crippen molar-refractivity contribution >= 4 is 16.8 Å². The smallest absolute Gasteiger partial charge is 0.192 e. The first-order valence-electron chi connectivity index (χ1n) is 9.40. The molecule has 0 spiro atoms. The number of fused-ring (bicyclic) bond motifs is 3. The Balaban J connectivity index is 1.76. The molecule has 0 amide bonds. The van der Waals surface area contributed by atoms with Crippen LogP contribution in [-0.2, 0) is 6.54 Å². The van der Waals surface area contributed by atoms with Crippen molar-refractivity contribution in [3.05, 3.63) is 77.0 Å². The number of nitrogens with zero attached hydrogens (tertiary/aromatic N) is 2. The number of aliphatic hydroxyl groups excluding tert-OH is 1. The van der Waals surface area contributed by atoms with Crippen LogP contribution in [0.5, 0.6) is 0 Å². The van der Waals surface area contributed by atoms with E-state index in [0.717, 1.165) is 25.0 Å². The first-order chi connectivity index (χ1) is 12.6. The van der Waals surface area contributed by atoms with Crippen molar-refractivity contribution in [2.45, 2.75) is 31.7 Å². The molecule has 0 bridgehead atoms. The van der Waals surface area contributed by atoms with E-state index in [1.165, 1.54) is 27.8 Å². The zero-order valence-corrected chi connectivity index (χ0v) is 15.3. The maximum absolute atomic E-state index is 11.1. The lowest BCUT2D eigenvalue weighted by Crippen LogP contribution is -2.31. The number of aryl methyl sites for hydroxylation is 1. The van der Waals surface area contributed by atoms with E-state index in [0.29, 0.717) is 11.8 Å². The first-order valence-corrected chi connectivity index (χ1v) is 9.40. The van der Waals surface area contributed by atoms with Crippen LogP contribution in [0.25, 0.3) is 16.8 Å². The number of aromatic nitrogens is 1. The molecule has 5 rings (SSSR count). The molecule has 0 saturated heterocycles. The van der Waals surface area contributed by atoms with E-state index in [1.807, 2.05) is 6.08 Å². The molecule has 3 heterocycles. The molecule has 26 heavy (non-hydrogen) atoms. The Bertz CT molecular complexity index is 1020. The van der Waals surface area contributed by atoms with Gasteiger partial charge in [-0.15, -0.1) is 0 Å². The molecule has 0 aliphatic carbocycles. The molecule has 0 saturated carbocycles. The minimum atomic E-state index is 0.237. The van der Waals surface area contributed by atoms with Gasteiger partial charge in [-0.25, -0.2) is 0 Å². The highest BCUT2D eigenvalue weighted by molar-refractivity contribution is 5.89. The fraction of sp³-hybridized carbons (Fsp3) is 0.304. The summed E-state index contributed by atoms with van der Waals surface area (Å²) in [6, 6.07) is 17.1. The molecule has 2 atom stereocenters. The molecule has 2 aliphatic rings. The summed E-state index contributed by atoms with van der Waals surface area (Å²) in [5.74, 6) is 1.03. The number of likely N-dealkylation sites (N-methyl/N-ethyl adjacent to an activating group) is 1. The maximum Gasteiger partial charge on any atom is 0.192 e. The van der Waals surface area contributed by atoms with Gasteiger partial charge in [-0.2, -0.15) is 0 Å². The molecule has 3 nitrogen and oxygen atoms in total. The Morgan fingerprint density at radius 1 is 1.08 bits per heavy atom. The fourth-order valence-electron chi connectivity index (χ4n) is 4.88. The third-order valence-electron chi connectivity index (χ3n) is 5.96. The van der Waals surface area contributed by atoms with Crippen molar-refractivity contribution in [1.29, 1.82) is 0 Å². The van der Waals surface area contributed by atoms with Gasteiger partial charge in [0.15, 0.2) is 5.88 Å². The second-order valence-electron chi connectivity index (χ2n) is 7.89. The summed E-state index contributed by atoms with van der Waals surface area (Å²) in [5.41, 5.74) is 6.38. The van der Waals surface area contributed by atoms with Crippen molar-refractivity contribution in [1.82, 2.24) is 9.47 Å². The van der Waals surface area contributed by atoms with Crippen LogP contribution >= 0.6 is 0 Å². The van der Waals surface area contributed by atoms with Gasteiger partial charge in [0, 0.05) is 36.0 Å². The lowest BCUT2D eigenvalue weighted by atomic mass is 9.84. The predicted octanol–water partition coefficient (Wildman–Crippen LogP) is 5.02. The Hall–Kier alpha value is -2.52. The van der Waals surface area contributed by atoms with Crippen LogP contribution in [0, 0.1) is 6.92 Å². The molecule has 3 aromatic rings. The number of aliphatic hydroxyl groups is 1. The van der Waals surface area contributed by atoms with Gasteiger partial charge >= 0.3 is 0 Å². The van der Waals surface area contributed by atoms with Crippen LogP contribution in [0.3, 0.4) is 0 Å². The van der Waals surface area contributed by atoms with Crippen LogP contribution in [0.2, 0.25) is 0 Å². The Morgan fingerprint density at radius 3 is 2.69 bits per heavy atom. The van der Waals surface area contributed by atoms with Crippen LogP contribution in [0.1, 0.15) is 40.6 Å². The quantitative estimate of drug-likeness (QED) is 0.671. The van der Waals surface area contributed by atoms with Crippen molar-refractivity contribution in [3.63, 3.8) is 0 Å². The van der Waals surface area contributed by atoms with Gasteiger partial charge in [0.2, 0.25) is 0 Å². The number of allylic oxidation sites excluding steroid dienone is 1. The monoisotopic (exact) mass is 344 g/mol. The summed E-state index contributed by atoms with van der Waals surface area (Å²) in [6.07, 6.45) is 3.08. The van der Waals surface area contributed by atoms with Gasteiger partial charge in [-0.1, -0.05) is 42.0 Å². The zero-order valence-electron chi connectivity index (χ0n) is 15.3. The summed E-state index contributed by atoms with van der Waals surface area (Å²) >= 11 is 0. The molecule has 2 unspecified atom stereocenters. The van der Waals surface area contributed by atoms with Crippen molar-refractivity contribution in [2.24, 2.45) is 0 Å². The van der Waals surface area contributed by atoms with Gasteiger partial charge in [0.05, 0.1) is 5.52 Å². The molecule has 3 heteroatoms. The highest BCUT2D eigenvalue weighted by Crippen LogP contribution is 2.44. The predicted molar refractivity (Wildman–Crippen MR) is 106 cm³/mol. The van der Waals surface area contributed by atoms with Crippen molar-refractivity contribution in [3.8, 4) is 0 Å². The van der Waals surface area contributed by atoms with E-state index >= 15 is 0 Å². The number of benzene rings is 2. The summed E-state index contributed by atoms with van der Waals surface area (Å²) in [7, 11) is 2.21. The van der Waals surface area contributed by atoms with Crippen LogP contribution < -0.4 is 0 Å². The number of hydrogen-bond acceptors (Lipinski definition) is 2. The fourth-order valence-corrected chi connectivity index (χ4v) is 4.88. The molecular formula is C23H24N2O. The van der Waals surface area contributed by atoms with Crippen LogP contribution in [-0.4, -0.2) is 28.2 Å². The topological polar surface area (TPSA) is 28.4 Å². The highest BCUT2D eigenvalue weighted by Gasteiger charge is 2.34. The third-order valence-corrected chi connectivity index (χ3v) is 5.96. The van der Waals surface area contributed by atoms with Crippen LogP contribution in [0.15, 0.2) is 54.6 Å². The highest BCUT2D eigenvalue weighted by atomic mass is 16.3. The van der Waals surface area contributed by atoms with Gasteiger partial charge in [-0.3, -0.25) is 4.57 Å². The van der Waals surface area contributed by atoms with Gasteiger partial charge in [-0.05, 0) is 49.7 Å². The van der Waals surface area contributed by atoms with Crippen molar-refractivity contribution < 1.29 is 5.11 Å². The van der Waals surface area contributed by atoms with E-state index in [4.69, 9.17) is 0 Å². The minimum Gasteiger partial charge on any atom is -0.494 e. The third kappa shape index (κ3) is 2.31. The Labute approximate surface area is 154 Å². The van der Waals surface area contributed by atoms with E-state index in [1.54, 1.807) is 0 Å². The molecule has 1 aromatic heterocycles. The van der Waals surface area contributed by atoms with Gasteiger partial charge < -0.3 is 10.0 Å². The molecule has 1 N–H and O–H groups in total. The summed E-state index contributed by atoms with van der Waals surface area (Å²) in [4.78, 5) is 2.42. The summed E-state index contributed by atoms with van der Waals surface area (Å²) < 4.78 is 2.12. The first kappa shape index (κ1) is 15.7. The zero-order chi connectivity index (χ0) is 17.8. The second kappa shape index (κ2) is 5.75. The molecule has 0 radical (unpaired) electrons. The molecule has 0 fully saturated rings.